The number of hydrogen-bond acceptors (Lipinski definition) is 2. The quantitative estimate of drug-likeness (QED) is 0.818. The lowest BCUT2D eigenvalue weighted by atomic mass is 10.1. The molecule has 0 unspecified atom stereocenters. The van der Waals surface area contributed by atoms with Gasteiger partial charge in [0, 0.05) is 5.39 Å². The second-order valence-electron chi connectivity index (χ2n) is 2.97. The SMILES string of the molecule is O=C(O)c1ccc2nc(Br)c(Cl)cc2c1. The van der Waals surface area contributed by atoms with E-state index < -0.39 is 5.97 Å². The summed E-state index contributed by atoms with van der Waals surface area (Å²) in [5.41, 5.74) is 0.930. The molecule has 0 aliphatic rings. The minimum Gasteiger partial charge on any atom is -0.478 e. The van der Waals surface area contributed by atoms with E-state index in [1.807, 2.05) is 0 Å². The first-order chi connectivity index (χ1) is 7.08. The molecule has 15 heavy (non-hydrogen) atoms. The van der Waals surface area contributed by atoms with E-state index in [1.54, 1.807) is 18.2 Å². The van der Waals surface area contributed by atoms with Gasteiger partial charge < -0.3 is 5.11 Å². The van der Waals surface area contributed by atoms with Crippen LogP contribution in [0.25, 0.3) is 10.9 Å². The molecule has 1 heterocycles. The molecule has 5 heteroatoms. The number of fused-ring (bicyclic) bond motifs is 1. The van der Waals surface area contributed by atoms with Crippen molar-refractivity contribution in [3.63, 3.8) is 0 Å². The molecule has 0 atom stereocenters. The van der Waals surface area contributed by atoms with Crippen molar-refractivity contribution >= 4 is 44.4 Å². The Morgan fingerprint density at radius 1 is 1.40 bits per heavy atom. The van der Waals surface area contributed by atoms with E-state index in [4.69, 9.17) is 16.7 Å². The maximum Gasteiger partial charge on any atom is 0.335 e. The lowest BCUT2D eigenvalue weighted by Gasteiger charge is -2.01. The van der Waals surface area contributed by atoms with Gasteiger partial charge >= 0.3 is 5.97 Å². The fraction of sp³-hybridized carbons (Fsp3) is 0. The van der Waals surface area contributed by atoms with Crippen LogP contribution in [0.3, 0.4) is 0 Å². The second-order valence-corrected chi connectivity index (χ2v) is 4.13. The zero-order chi connectivity index (χ0) is 11.0. The fourth-order valence-electron chi connectivity index (χ4n) is 1.26. The van der Waals surface area contributed by atoms with Crippen LogP contribution in [0.2, 0.25) is 5.02 Å². The highest BCUT2D eigenvalue weighted by molar-refractivity contribution is 9.10. The molecule has 0 aliphatic carbocycles. The highest BCUT2D eigenvalue weighted by atomic mass is 79.9. The van der Waals surface area contributed by atoms with Crippen LogP contribution in [0.5, 0.6) is 0 Å². The van der Waals surface area contributed by atoms with E-state index in [9.17, 15) is 4.79 Å². The number of carboxylic acids is 1. The molecule has 0 bridgehead atoms. The zero-order valence-corrected chi connectivity index (χ0v) is 9.71. The van der Waals surface area contributed by atoms with E-state index >= 15 is 0 Å². The van der Waals surface area contributed by atoms with Gasteiger partial charge in [-0.1, -0.05) is 11.6 Å². The van der Waals surface area contributed by atoms with Gasteiger partial charge in [0.2, 0.25) is 0 Å². The number of rotatable bonds is 1. The van der Waals surface area contributed by atoms with Crippen LogP contribution in [0.4, 0.5) is 0 Å². The van der Waals surface area contributed by atoms with Gasteiger partial charge in [0.05, 0.1) is 16.1 Å². The number of pyridine rings is 1. The van der Waals surface area contributed by atoms with Crippen LogP contribution in [0, 0.1) is 0 Å². The Hall–Kier alpha value is -1.13. The third kappa shape index (κ3) is 1.96. The number of nitrogens with zero attached hydrogens (tertiary/aromatic N) is 1. The Balaban J connectivity index is 2.72. The Morgan fingerprint density at radius 2 is 2.13 bits per heavy atom. The van der Waals surface area contributed by atoms with E-state index in [0.717, 1.165) is 0 Å². The molecule has 0 amide bonds. The van der Waals surface area contributed by atoms with Gasteiger partial charge in [-0.25, -0.2) is 9.78 Å². The Bertz CT molecular complexity index is 556. The van der Waals surface area contributed by atoms with E-state index in [0.29, 0.717) is 20.5 Å². The normalized spacial score (nSPS) is 10.5. The number of hydrogen-bond donors (Lipinski definition) is 1. The second kappa shape index (κ2) is 3.79. The first kappa shape index (κ1) is 10.4. The number of benzene rings is 1. The predicted octanol–water partition coefficient (Wildman–Crippen LogP) is 3.35. The average Bonchev–Trinajstić information content (AvgIpc) is 2.19. The highest BCUT2D eigenvalue weighted by Crippen LogP contribution is 2.25. The van der Waals surface area contributed by atoms with Crippen LogP contribution in [-0.4, -0.2) is 16.1 Å². The molecule has 3 nitrogen and oxygen atoms in total. The lowest BCUT2D eigenvalue weighted by molar-refractivity contribution is 0.0697. The van der Waals surface area contributed by atoms with Gasteiger partial charge in [0.1, 0.15) is 4.60 Å². The fourth-order valence-corrected chi connectivity index (χ4v) is 1.73. The topological polar surface area (TPSA) is 50.2 Å². The zero-order valence-electron chi connectivity index (χ0n) is 7.37. The third-order valence-corrected chi connectivity index (χ3v) is 3.09. The minimum atomic E-state index is -0.962. The van der Waals surface area contributed by atoms with Crippen molar-refractivity contribution < 1.29 is 9.90 Å². The van der Waals surface area contributed by atoms with Crippen LogP contribution in [-0.2, 0) is 0 Å². The standard InChI is InChI=1S/C10H5BrClNO2/c11-9-7(12)4-6-3-5(10(14)15)1-2-8(6)13-9/h1-4H,(H,14,15). The van der Waals surface area contributed by atoms with E-state index in [-0.39, 0.29) is 5.56 Å². The largest absolute Gasteiger partial charge is 0.478 e. The number of carbonyl (C=O) groups is 1. The number of aromatic nitrogens is 1. The van der Waals surface area contributed by atoms with Gasteiger partial charge in [-0.3, -0.25) is 0 Å². The van der Waals surface area contributed by atoms with Crippen LogP contribution in [0.15, 0.2) is 28.9 Å². The van der Waals surface area contributed by atoms with Crippen molar-refractivity contribution in [2.75, 3.05) is 0 Å². The third-order valence-electron chi connectivity index (χ3n) is 1.97. The Kier molecular flexibility index (Phi) is 2.63. The van der Waals surface area contributed by atoms with Gasteiger partial charge in [-0.05, 0) is 40.2 Å². The molecule has 0 saturated heterocycles. The van der Waals surface area contributed by atoms with Crippen LogP contribution < -0.4 is 0 Å². The van der Waals surface area contributed by atoms with Gasteiger partial charge in [-0.15, -0.1) is 0 Å². The highest BCUT2D eigenvalue weighted by Gasteiger charge is 2.06. The van der Waals surface area contributed by atoms with Crippen molar-refractivity contribution in [1.82, 2.24) is 4.98 Å². The van der Waals surface area contributed by atoms with Crippen molar-refractivity contribution in [1.29, 1.82) is 0 Å². The predicted molar refractivity (Wildman–Crippen MR) is 61.4 cm³/mol. The maximum absolute atomic E-state index is 10.7. The molecular formula is C10H5BrClNO2. The molecule has 0 fully saturated rings. The van der Waals surface area contributed by atoms with Gasteiger partial charge in [0.25, 0.3) is 0 Å². The van der Waals surface area contributed by atoms with E-state index in [1.165, 1.54) is 6.07 Å². The number of carboxylic acid groups (broad SMARTS) is 1. The van der Waals surface area contributed by atoms with Gasteiger partial charge in [-0.2, -0.15) is 0 Å². The summed E-state index contributed by atoms with van der Waals surface area (Å²) >= 11 is 9.07. The number of aromatic carboxylic acids is 1. The molecule has 0 aliphatic heterocycles. The molecular weight excluding hydrogens is 281 g/mol. The van der Waals surface area contributed by atoms with Crippen LogP contribution >= 0.6 is 27.5 Å². The van der Waals surface area contributed by atoms with Crippen molar-refractivity contribution in [3.05, 3.63) is 39.5 Å². The summed E-state index contributed by atoms with van der Waals surface area (Å²) in [4.78, 5) is 14.9. The Morgan fingerprint density at radius 3 is 2.80 bits per heavy atom. The molecule has 2 aromatic rings. The molecule has 76 valence electrons. The molecule has 2 rings (SSSR count). The molecule has 0 spiro atoms. The molecule has 1 N–H and O–H groups in total. The summed E-state index contributed by atoms with van der Waals surface area (Å²) in [5, 5.41) is 9.98. The summed E-state index contributed by atoms with van der Waals surface area (Å²) in [6, 6.07) is 6.39. The maximum atomic E-state index is 10.7. The smallest absolute Gasteiger partial charge is 0.335 e. The minimum absolute atomic E-state index is 0.225. The summed E-state index contributed by atoms with van der Waals surface area (Å²) < 4.78 is 0.555. The summed E-state index contributed by atoms with van der Waals surface area (Å²) in [6.45, 7) is 0. The van der Waals surface area contributed by atoms with Crippen molar-refractivity contribution in [2.45, 2.75) is 0 Å². The van der Waals surface area contributed by atoms with Crippen molar-refractivity contribution in [3.8, 4) is 0 Å². The summed E-state index contributed by atoms with van der Waals surface area (Å²) in [6.07, 6.45) is 0. The average molecular weight is 287 g/mol. The van der Waals surface area contributed by atoms with Crippen LogP contribution in [0.1, 0.15) is 10.4 Å². The van der Waals surface area contributed by atoms with Gasteiger partial charge in [0.15, 0.2) is 0 Å². The summed E-state index contributed by atoms with van der Waals surface area (Å²) in [5.74, 6) is -0.962. The molecule has 1 aromatic heterocycles. The Labute approximate surface area is 98.8 Å². The lowest BCUT2D eigenvalue weighted by Crippen LogP contribution is -1.95. The molecule has 1 aromatic carbocycles. The number of halogens is 2. The monoisotopic (exact) mass is 285 g/mol. The van der Waals surface area contributed by atoms with Crippen molar-refractivity contribution in [2.24, 2.45) is 0 Å². The molecule has 0 saturated carbocycles. The summed E-state index contributed by atoms with van der Waals surface area (Å²) in [7, 11) is 0. The van der Waals surface area contributed by atoms with E-state index in [2.05, 4.69) is 20.9 Å². The first-order valence-electron chi connectivity index (χ1n) is 4.07. The first-order valence-corrected chi connectivity index (χ1v) is 5.24. The molecule has 0 radical (unpaired) electrons.